The number of aliphatic hydroxyl groups excluding tert-OH is 1. The van der Waals surface area contributed by atoms with Crippen LogP contribution in [0.5, 0.6) is 0 Å². The van der Waals surface area contributed by atoms with Gasteiger partial charge in [-0.05, 0) is 19.1 Å². The van der Waals surface area contributed by atoms with Crippen molar-refractivity contribution in [2.45, 2.75) is 25.2 Å². The standard InChI is InChI=1S/C16H20N4O3S/c1-2-17-14(22)9-20-13(10-21)8-18-16(20)24-11-15(23)19-12-6-4-3-5-7-12/h3-8,21H,2,9-11H2,1H3,(H,17,22)(H,19,23). The first-order chi connectivity index (χ1) is 11.6. The SMILES string of the molecule is CCNC(=O)Cn1c(CO)cnc1SCC(=O)Nc1ccccc1. The number of nitrogens with one attached hydrogen (secondary N) is 2. The average molecular weight is 348 g/mol. The molecule has 1 heterocycles. The third kappa shape index (κ3) is 5.10. The zero-order chi connectivity index (χ0) is 17.4. The summed E-state index contributed by atoms with van der Waals surface area (Å²) in [6, 6.07) is 9.18. The number of hydrogen-bond acceptors (Lipinski definition) is 5. The number of hydrogen-bond donors (Lipinski definition) is 3. The van der Waals surface area contributed by atoms with Crippen LogP contribution in [0.25, 0.3) is 0 Å². The number of aliphatic hydroxyl groups is 1. The maximum absolute atomic E-state index is 12.0. The lowest BCUT2D eigenvalue weighted by Crippen LogP contribution is -2.28. The molecule has 128 valence electrons. The van der Waals surface area contributed by atoms with Crippen LogP contribution in [0.2, 0.25) is 0 Å². The normalized spacial score (nSPS) is 10.4. The highest BCUT2D eigenvalue weighted by molar-refractivity contribution is 7.99. The molecule has 8 heteroatoms. The van der Waals surface area contributed by atoms with E-state index in [-0.39, 0.29) is 30.7 Å². The second-order valence-electron chi connectivity index (χ2n) is 4.93. The fourth-order valence-corrected chi connectivity index (χ4v) is 2.85. The minimum absolute atomic E-state index is 0.0619. The Labute approximate surface area is 144 Å². The van der Waals surface area contributed by atoms with Gasteiger partial charge >= 0.3 is 0 Å². The van der Waals surface area contributed by atoms with Crippen LogP contribution in [0.15, 0.2) is 41.7 Å². The summed E-state index contributed by atoms with van der Waals surface area (Å²) in [5.74, 6) is -0.170. The van der Waals surface area contributed by atoms with E-state index >= 15 is 0 Å². The van der Waals surface area contributed by atoms with Crippen LogP contribution in [0.1, 0.15) is 12.6 Å². The van der Waals surface area contributed by atoms with Gasteiger partial charge < -0.3 is 20.3 Å². The summed E-state index contributed by atoms with van der Waals surface area (Å²) in [5, 5.41) is 15.4. The molecule has 0 saturated heterocycles. The summed E-state index contributed by atoms with van der Waals surface area (Å²) in [4.78, 5) is 28.0. The number of carbonyl (C=O) groups is 2. The van der Waals surface area contributed by atoms with Gasteiger partial charge in [0.2, 0.25) is 11.8 Å². The molecule has 0 aliphatic rings. The number of anilines is 1. The third-order valence-electron chi connectivity index (χ3n) is 3.13. The molecule has 2 aromatic rings. The highest BCUT2D eigenvalue weighted by Crippen LogP contribution is 2.19. The fourth-order valence-electron chi connectivity index (χ4n) is 2.05. The Morgan fingerprint density at radius 2 is 2.00 bits per heavy atom. The summed E-state index contributed by atoms with van der Waals surface area (Å²) < 4.78 is 1.62. The maximum atomic E-state index is 12.0. The van der Waals surface area contributed by atoms with E-state index in [1.54, 1.807) is 4.57 Å². The molecule has 1 aromatic carbocycles. The third-order valence-corrected chi connectivity index (χ3v) is 4.12. The molecule has 3 N–H and O–H groups in total. The van der Waals surface area contributed by atoms with Crippen LogP contribution in [0.3, 0.4) is 0 Å². The van der Waals surface area contributed by atoms with E-state index in [0.29, 0.717) is 17.4 Å². The molecule has 0 spiro atoms. The number of amides is 2. The van der Waals surface area contributed by atoms with Crippen molar-refractivity contribution in [2.75, 3.05) is 17.6 Å². The molecule has 0 unspecified atom stereocenters. The Morgan fingerprint density at radius 3 is 2.67 bits per heavy atom. The average Bonchev–Trinajstić information content (AvgIpc) is 2.96. The summed E-state index contributed by atoms with van der Waals surface area (Å²) in [7, 11) is 0. The van der Waals surface area contributed by atoms with Gasteiger partial charge in [-0.2, -0.15) is 0 Å². The Bertz CT molecular complexity index is 688. The van der Waals surface area contributed by atoms with Crippen molar-refractivity contribution in [3.05, 3.63) is 42.2 Å². The highest BCUT2D eigenvalue weighted by atomic mass is 32.2. The molecule has 0 aliphatic heterocycles. The summed E-state index contributed by atoms with van der Waals surface area (Å²) in [5.41, 5.74) is 1.26. The van der Waals surface area contributed by atoms with Crippen molar-refractivity contribution in [3.8, 4) is 0 Å². The number of thioether (sulfide) groups is 1. The molecule has 2 rings (SSSR count). The van der Waals surface area contributed by atoms with Gasteiger partial charge in [-0.3, -0.25) is 9.59 Å². The molecule has 0 bridgehead atoms. The highest BCUT2D eigenvalue weighted by Gasteiger charge is 2.14. The number of likely N-dealkylation sites (N-methyl/N-ethyl adjacent to an activating group) is 1. The van der Waals surface area contributed by atoms with Gasteiger partial charge in [-0.15, -0.1) is 0 Å². The van der Waals surface area contributed by atoms with Gasteiger partial charge in [0.25, 0.3) is 0 Å². The molecule has 2 amide bonds. The van der Waals surface area contributed by atoms with Crippen molar-refractivity contribution in [1.29, 1.82) is 0 Å². The zero-order valence-electron chi connectivity index (χ0n) is 13.4. The van der Waals surface area contributed by atoms with Crippen LogP contribution < -0.4 is 10.6 Å². The first kappa shape index (κ1) is 18.0. The minimum Gasteiger partial charge on any atom is -0.390 e. The number of rotatable bonds is 8. The maximum Gasteiger partial charge on any atom is 0.240 e. The van der Waals surface area contributed by atoms with Crippen LogP contribution in [0.4, 0.5) is 5.69 Å². The number of imidazole rings is 1. The quantitative estimate of drug-likeness (QED) is 0.624. The smallest absolute Gasteiger partial charge is 0.240 e. The monoisotopic (exact) mass is 348 g/mol. The van der Waals surface area contributed by atoms with Crippen molar-refractivity contribution in [1.82, 2.24) is 14.9 Å². The fraction of sp³-hybridized carbons (Fsp3) is 0.312. The van der Waals surface area contributed by atoms with E-state index in [1.807, 2.05) is 37.3 Å². The number of aromatic nitrogens is 2. The van der Waals surface area contributed by atoms with E-state index in [2.05, 4.69) is 15.6 Å². The number of nitrogens with zero attached hydrogens (tertiary/aromatic N) is 2. The molecule has 24 heavy (non-hydrogen) atoms. The van der Waals surface area contributed by atoms with Crippen LogP contribution in [0, 0.1) is 0 Å². The van der Waals surface area contributed by atoms with Crippen molar-refractivity contribution in [2.24, 2.45) is 0 Å². The Balaban J connectivity index is 1.97. The predicted octanol–water partition coefficient (Wildman–Crippen LogP) is 1.24. The lowest BCUT2D eigenvalue weighted by atomic mass is 10.3. The van der Waals surface area contributed by atoms with E-state index in [0.717, 1.165) is 5.69 Å². The lowest BCUT2D eigenvalue weighted by molar-refractivity contribution is -0.121. The number of carbonyl (C=O) groups excluding carboxylic acids is 2. The van der Waals surface area contributed by atoms with Gasteiger partial charge in [-0.1, -0.05) is 30.0 Å². The summed E-state index contributed by atoms with van der Waals surface area (Å²) >= 11 is 1.22. The summed E-state index contributed by atoms with van der Waals surface area (Å²) in [6.45, 7) is 2.21. The molecule has 0 fully saturated rings. The molecule has 7 nitrogen and oxygen atoms in total. The van der Waals surface area contributed by atoms with Gasteiger partial charge in [0.15, 0.2) is 5.16 Å². The van der Waals surface area contributed by atoms with E-state index in [4.69, 9.17) is 0 Å². The number of para-hydroxylation sites is 1. The molecular weight excluding hydrogens is 328 g/mol. The predicted molar refractivity (Wildman–Crippen MR) is 92.6 cm³/mol. The van der Waals surface area contributed by atoms with Crippen LogP contribution in [-0.4, -0.2) is 38.8 Å². The Morgan fingerprint density at radius 1 is 1.25 bits per heavy atom. The molecule has 0 atom stereocenters. The van der Waals surface area contributed by atoms with E-state index < -0.39 is 0 Å². The van der Waals surface area contributed by atoms with Gasteiger partial charge in [0.05, 0.1) is 24.3 Å². The van der Waals surface area contributed by atoms with Crippen molar-refractivity contribution >= 4 is 29.3 Å². The van der Waals surface area contributed by atoms with Gasteiger partial charge in [0.1, 0.15) is 6.54 Å². The minimum atomic E-state index is -0.219. The molecular formula is C16H20N4O3S. The first-order valence-electron chi connectivity index (χ1n) is 7.53. The number of benzene rings is 1. The lowest BCUT2D eigenvalue weighted by Gasteiger charge is -2.10. The van der Waals surface area contributed by atoms with Gasteiger partial charge in [0, 0.05) is 12.2 Å². The molecule has 0 radical (unpaired) electrons. The van der Waals surface area contributed by atoms with Crippen LogP contribution in [-0.2, 0) is 22.7 Å². The largest absolute Gasteiger partial charge is 0.390 e. The molecule has 0 saturated carbocycles. The van der Waals surface area contributed by atoms with Crippen molar-refractivity contribution in [3.63, 3.8) is 0 Å². The Kier molecular flexibility index (Phi) is 6.83. The molecule has 0 aliphatic carbocycles. The van der Waals surface area contributed by atoms with Gasteiger partial charge in [-0.25, -0.2) is 4.98 Å². The van der Waals surface area contributed by atoms with E-state index in [9.17, 15) is 14.7 Å². The second kappa shape index (κ2) is 9.09. The topological polar surface area (TPSA) is 96.2 Å². The summed E-state index contributed by atoms with van der Waals surface area (Å²) in [6.07, 6.45) is 1.51. The molecule has 1 aromatic heterocycles. The van der Waals surface area contributed by atoms with Crippen molar-refractivity contribution < 1.29 is 14.7 Å². The zero-order valence-corrected chi connectivity index (χ0v) is 14.2. The Hall–Kier alpha value is -2.32. The second-order valence-corrected chi connectivity index (χ2v) is 5.88. The first-order valence-corrected chi connectivity index (χ1v) is 8.52. The van der Waals surface area contributed by atoms with Crippen LogP contribution >= 0.6 is 11.8 Å². The van der Waals surface area contributed by atoms with E-state index in [1.165, 1.54) is 18.0 Å².